The zero-order valence-corrected chi connectivity index (χ0v) is 11.5. The molecule has 1 N–H and O–H groups in total. The van der Waals surface area contributed by atoms with Gasteiger partial charge in [-0.3, -0.25) is 0 Å². The maximum Gasteiger partial charge on any atom is 0.125 e. The lowest BCUT2D eigenvalue weighted by atomic mass is 10.0. The van der Waals surface area contributed by atoms with Gasteiger partial charge in [0.1, 0.15) is 5.82 Å². The molecule has 1 aromatic rings. The van der Waals surface area contributed by atoms with Gasteiger partial charge in [0.2, 0.25) is 0 Å². The van der Waals surface area contributed by atoms with Gasteiger partial charge in [-0.25, -0.2) is 4.39 Å². The molecule has 0 amide bonds. The molecule has 1 saturated heterocycles. The third-order valence-electron chi connectivity index (χ3n) is 3.43. The quantitative estimate of drug-likeness (QED) is 0.902. The van der Waals surface area contributed by atoms with E-state index in [9.17, 15) is 4.39 Å². The molecule has 2 nitrogen and oxygen atoms in total. The third kappa shape index (κ3) is 3.36. The molecule has 100 valence electrons. The van der Waals surface area contributed by atoms with Crippen molar-refractivity contribution >= 4 is 17.3 Å². The summed E-state index contributed by atoms with van der Waals surface area (Å²) in [5.41, 5.74) is 0.825. The van der Waals surface area contributed by atoms with Crippen LogP contribution in [0.4, 0.5) is 10.1 Å². The molecule has 0 saturated carbocycles. The van der Waals surface area contributed by atoms with Crippen molar-refractivity contribution in [2.75, 3.05) is 24.5 Å². The summed E-state index contributed by atoms with van der Waals surface area (Å²) in [6.45, 7) is 5.12. The first-order valence-electron chi connectivity index (χ1n) is 6.64. The Kier molecular flexibility index (Phi) is 4.84. The summed E-state index contributed by atoms with van der Waals surface area (Å²) < 4.78 is 13.2. The largest absolute Gasteiger partial charge is 0.370 e. The van der Waals surface area contributed by atoms with Crippen molar-refractivity contribution in [3.63, 3.8) is 0 Å². The van der Waals surface area contributed by atoms with Crippen molar-refractivity contribution in [2.45, 2.75) is 32.2 Å². The molecule has 4 heteroatoms. The predicted octanol–water partition coefficient (Wildman–Crippen LogP) is 3.45. The highest BCUT2D eigenvalue weighted by Gasteiger charge is 2.20. The van der Waals surface area contributed by atoms with Crippen molar-refractivity contribution in [1.82, 2.24) is 5.32 Å². The van der Waals surface area contributed by atoms with Crippen LogP contribution in [0, 0.1) is 5.82 Å². The van der Waals surface area contributed by atoms with Gasteiger partial charge < -0.3 is 10.2 Å². The first-order chi connectivity index (χ1) is 8.70. The molecule has 0 atom stereocenters. The van der Waals surface area contributed by atoms with Gasteiger partial charge in [-0.05, 0) is 44.0 Å². The average Bonchev–Trinajstić information content (AvgIpc) is 2.40. The van der Waals surface area contributed by atoms with Crippen molar-refractivity contribution in [1.29, 1.82) is 0 Å². The van der Waals surface area contributed by atoms with E-state index in [0.717, 1.165) is 44.6 Å². The van der Waals surface area contributed by atoms with Gasteiger partial charge in [0.05, 0.1) is 10.7 Å². The van der Waals surface area contributed by atoms with E-state index in [1.54, 1.807) is 6.07 Å². The summed E-state index contributed by atoms with van der Waals surface area (Å²) in [4.78, 5) is 2.18. The molecular weight excluding hydrogens is 251 g/mol. The summed E-state index contributed by atoms with van der Waals surface area (Å²) in [5.74, 6) is -0.222. The fourth-order valence-electron chi connectivity index (χ4n) is 2.40. The van der Waals surface area contributed by atoms with Gasteiger partial charge in [0.15, 0.2) is 0 Å². The zero-order valence-electron chi connectivity index (χ0n) is 10.8. The lowest BCUT2D eigenvalue weighted by Crippen LogP contribution is -2.42. The monoisotopic (exact) mass is 270 g/mol. The second kappa shape index (κ2) is 6.39. The van der Waals surface area contributed by atoms with Crippen molar-refractivity contribution < 1.29 is 4.39 Å². The molecular formula is C14H20ClFN2. The molecule has 1 heterocycles. The minimum absolute atomic E-state index is 0.222. The molecule has 0 aromatic heterocycles. The highest BCUT2D eigenvalue weighted by molar-refractivity contribution is 6.33. The lowest BCUT2D eigenvalue weighted by molar-refractivity contribution is 0.415. The smallest absolute Gasteiger partial charge is 0.125 e. The van der Waals surface area contributed by atoms with Crippen molar-refractivity contribution in [2.24, 2.45) is 0 Å². The van der Waals surface area contributed by atoms with Gasteiger partial charge in [-0.2, -0.15) is 0 Å². The Morgan fingerprint density at radius 1 is 1.39 bits per heavy atom. The topological polar surface area (TPSA) is 15.3 Å². The van der Waals surface area contributed by atoms with Gasteiger partial charge in [-0.15, -0.1) is 0 Å². The number of hydrogen-bond donors (Lipinski definition) is 1. The molecule has 0 spiro atoms. The number of nitrogens with one attached hydrogen (secondary N) is 1. The lowest BCUT2D eigenvalue weighted by Gasteiger charge is -2.34. The van der Waals surface area contributed by atoms with Crippen LogP contribution in [0.25, 0.3) is 0 Å². The van der Waals surface area contributed by atoms with Crippen LogP contribution in [-0.2, 0) is 0 Å². The molecule has 0 bridgehead atoms. The van der Waals surface area contributed by atoms with Crippen LogP contribution in [0.15, 0.2) is 18.2 Å². The Labute approximate surface area is 113 Å². The van der Waals surface area contributed by atoms with Gasteiger partial charge >= 0.3 is 0 Å². The second-order valence-electron chi connectivity index (χ2n) is 4.81. The van der Waals surface area contributed by atoms with Crippen LogP contribution in [0.1, 0.15) is 26.2 Å². The van der Waals surface area contributed by atoms with E-state index in [2.05, 4.69) is 17.1 Å². The Morgan fingerprint density at radius 2 is 2.11 bits per heavy atom. The maximum absolute atomic E-state index is 13.2. The van der Waals surface area contributed by atoms with E-state index >= 15 is 0 Å². The van der Waals surface area contributed by atoms with Crippen LogP contribution < -0.4 is 10.2 Å². The van der Waals surface area contributed by atoms with Crippen LogP contribution in [0.2, 0.25) is 5.02 Å². The summed E-state index contributed by atoms with van der Waals surface area (Å²) in [6, 6.07) is 5.16. The van der Waals surface area contributed by atoms with E-state index in [1.807, 2.05) is 0 Å². The average molecular weight is 271 g/mol. The van der Waals surface area contributed by atoms with Gasteiger partial charge in [0.25, 0.3) is 0 Å². The summed E-state index contributed by atoms with van der Waals surface area (Å²) in [6.07, 6.45) is 3.34. The normalized spacial score (nSPS) is 17.2. The number of halogens is 2. The fourth-order valence-corrected chi connectivity index (χ4v) is 2.64. The SMILES string of the molecule is CCCNC1CCN(c2cc(F)ccc2Cl)CC1. The van der Waals surface area contributed by atoms with Crippen LogP contribution in [0.3, 0.4) is 0 Å². The number of benzene rings is 1. The number of anilines is 1. The standard InChI is InChI=1S/C14H20ClFN2/c1-2-7-17-12-5-8-18(9-6-12)14-10-11(16)3-4-13(14)15/h3-4,10,12,17H,2,5-9H2,1H3. The highest BCUT2D eigenvalue weighted by Crippen LogP contribution is 2.28. The molecule has 18 heavy (non-hydrogen) atoms. The van der Waals surface area contributed by atoms with Crippen molar-refractivity contribution in [3.8, 4) is 0 Å². The van der Waals surface area contributed by atoms with Gasteiger partial charge in [0, 0.05) is 19.1 Å². The molecule has 2 rings (SSSR count). The fraction of sp³-hybridized carbons (Fsp3) is 0.571. The van der Waals surface area contributed by atoms with E-state index in [1.165, 1.54) is 12.1 Å². The first-order valence-corrected chi connectivity index (χ1v) is 7.02. The maximum atomic E-state index is 13.2. The van der Waals surface area contributed by atoms with Gasteiger partial charge in [-0.1, -0.05) is 18.5 Å². The predicted molar refractivity (Wildman–Crippen MR) is 74.9 cm³/mol. The van der Waals surface area contributed by atoms with E-state index < -0.39 is 0 Å². The minimum atomic E-state index is -0.222. The molecule has 1 aromatic carbocycles. The Bertz CT molecular complexity index is 389. The Balaban J connectivity index is 1.94. The highest BCUT2D eigenvalue weighted by atomic mass is 35.5. The second-order valence-corrected chi connectivity index (χ2v) is 5.22. The molecule has 0 aliphatic carbocycles. The molecule has 1 aliphatic rings. The molecule has 0 radical (unpaired) electrons. The summed E-state index contributed by atoms with van der Waals surface area (Å²) in [7, 11) is 0. The minimum Gasteiger partial charge on any atom is -0.370 e. The van der Waals surface area contributed by atoms with E-state index in [4.69, 9.17) is 11.6 Å². The summed E-state index contributed by atoms with van der Waals surface area (Å²) >= 11 is 6.13. The van der Waals surface area contributed by atoms with Crippen LogP contribution in [-0.4, -0.2) is 25.7 Å². The molecule has 1 fully saturated rings. The van der Waals surface area contributed by atoms with Crippen molar-refractivity contribution in [3.05, 3.63) is 29.0 Å². The number of rotatable bonds is 4. The van der Waals surface area contributed by atoms with E-state index in [0.29, 0.717) is 11.1 Å². The van der Waals surface area contributed by atoms with Crippen LogP contribution >= 0.6 is 11.6 Å². The third-order valence-corrected chi connectivity index (χ3v) is 3.75. The van der Waals surface area contributed by atoms with E-state index in [-0.39, 0.29) is 5.82 Å². The molecule has 0 unspecified atom stereocenters. The summed E-state index contributed by atoms with van der Waals surface area (Å²) in [5, 5.41) is 4.17. The van der Waals surface area contributed by atoms with Crippen LogP contribution in [0.5, 0.6) is 0 Å². The number of piperidine rings is 1. The Hall–Kier alpha value is -0.800. The number of nitrogens with zero attached hydrogens (tertiary/aromatic N) is 1. The number of hydrogen-bond acceptors (Lipinski definition) is 2. The first kappa shape index (κ1) is 13.6. The zero-order chi connectivity index (χ0) is 13.0. The molecule has 1 aliphatic heterocycles. The Morgan fingerprint density at radius 3 is 2.78 bits per heavy atom.